The molecule has 0 unspecified atom stereocenters. The van der Waals surface area contributed by atoms with Gasteiger partial charge >= 0.3 is 0 Å². The molecule has 0 saturated carbocycles. The molecule has 25 heavy (non-hydrogen) atoms. The van der Waals surface area contributed by atoms with Crippen molar-refractivity contribution in [3.63, 3.8) is 0 Å². The van der Waals surface area contributed by atoms with Crippen molar-refractivity contribution in [3.05, 3.63) is 11.6 Å². The van der Waals surface area contributed by atoms with Crippen molar-refractivity contribution >= 4 is 49.3 Å². The topological polar surface area (TPSA) is 25.8 Å². The van der Waals surface area contributed by atoms with Crippen molar-refractivity contribution in [1.82, 2.24) is 8.75 Å². The molecule has 1 aromatic carbocycles. The minimum Gasteiger partial charge on any atom is -0.204 e. The number of hydrogen-bond acceptors (Lipinski definition) is 3. The molecular weight excluding hydrogens is 370 g/mol. The number of hydrogen-bond donors (Lipinski definition) is 0. The molecule has 0 fully saturated rings. The first kappa shape index (κ1) is 20.6. The minimum atomic E-state index is -2.11. The molecule has 2 aromatic rings. The summed E-state index contributed by atoms with van der Waals surface area (Å²) in [5.41, 5.74) is 1.34. The highest BCUT2D eigenvalue weighted by atomic mass is 32.1. The molecule has 140 valence electrons. The molecule has 0 radical (unpaired) electrons. The van der Waals surface area contributed by atoms with Gasteiger partial charge in [-0.2, -0.15) is 8.75 Å². The Morgan fingerprint density at radius 2 is 0.920 bits per heavy atom. The van der Waals surface area contributed by atoms with Crippen molar-refractivity contribution < 1.29 is 8.78 Å². The number of rotatable bonds is 8. The lowest BCUT2D eigenvalue weighted by Crippen LogP contribution is -2.53. The molecule has 0 N–H and O–H groups in total. The Labute approximate surface area is 156 Å². The van der Waals surface area contributed by atoms with Crippen LogP contribution in [0.1, 0.15) is 41.5 Å². The van der Waals surface area contributed by atoms with Gasteiger partial charge in [0.15, 0.2) is 11.6 Å². The standard InChI is InChI=1S/C18H30F2N2SSi2/c1-7-24(8-2,9-3)17-13(19)14(20)18(16-15(17)21-23-22-16)25(10-4,11-5)12-6/h7-12H2,1-6H3. The Kier molecular flexibility index (Phi) is 6.54. The van der Waals surface area contributed by atoms with Crippen LogP contribution >= 0.6 is 11.7 Å². The van der Waals surface area contributed by atoms with E-state index in [4.69, 9.17) is 0 Å². The van der Waals surface area contributed by atoms with Gasteiger partial charge in [0.25, 0.3) is 0 Å². The zero-order valence-electron chi connectivity index (χ0n) is 16.3. The fourth-order valence-electron chi connectivity index (χ4n) is 4.47. The van der Waals surface area contributed by atoms with E-state index in [1.54, 1.807) is 0 Å². The molecule has 0 bridgehead atoms. The Morgan fingerprint density at radius 1 is 0.640 bits per heavy atom. The first-order valence-electron chi connectivity index (χ1n) is 9.55. The van der Waals surface area contributed by atoms with Gasteiger partial charge < -0.3 is 0 Å². The first-order valence-corrected chi connectivity index (χ1v) is 15.5. The Hall–Kier alpha value is -0.666. The molecule has 0 aliphatic rings. The number of fused-ring (bicyclic) bond motifs is 1. The van der Waals surface area contributed by atoms with Gasteiger partial charge in [0.1, 0.15) is 11.0 Å². The van der Waals surface area contributed by atoms with Crippen molar-refractivity contribution in [3.8, 4) is 0 Å². The smallest absolute Gasteiger partial charge is 0.160 e. The van der Waals surface area contributed by atoms with Crippen LogP contribution in [0.25, 0.3) is 11.0 Å². The predicted octanol–water partition coefficient (Wildman–Crippen LogP) is 5.40. The summed E-state index contributed by atoms with van der Waals surface area (Å²) in [7, 11) is -4.21. The SMILES string of the molecule is CC[Si](CC)(CC)c1c(F)c(F)c([Si](CC)(CC)CC)c2nsnc12. The summed E-state index contributed by atoms with van der Waals surface area (Å²) in [5, 5.41) is 1.19. The fourth-order valence-corrected chi connectivity index (χ4v) is 12.8. The summed E-state index contributed by atoms with van der Waals surface area (Å²) in [6, 6.07) is 5.42. The van der Waals surface area contributed by atoms with E-state index in [2.05, 4.69) is 50.3 Å². The molecule has 0 saturated heterocycles. The highest BCUT2D eigenvalue weighted by molar-refractivity contribution is 7.02. The van der Waals surface area contributed by atoms with E-state index < -0.39 is 27.8 Å². The lowest BCUT2D eigenvalue weighted by atomic mass is 10.3. The van der Waals surface area contributed by atoms with Gasteiger partial charge in [-0.3, -0.25) is 0 Å². The molecule has 2 nitrogen and oxygen atoms in total. The van der Waals surface area contributed by atoms with Crippen LogP contribution in [0.4, 0.5) is 8.78 Å². The second kappa shape index (κ2) is 7.92. The maximum atomic E-state index is 15.5. The highest BCUT2D eigenvalue weighted by Crippen LogP contribution is 2.30. The molecular formula is C18H30F2N2SSi2. The minimum absolute atomic E-state index is 0.594. The summed E-state index contributed by atoms with van der Waals surface area (Å²) in [4.78, 5) is 0. The molecule has 0 aliphatic heterocycles. The van der Waals surface area contributed by atoms with Gasteiger partial charge in [-0.05, 0) is 0 Å². The second-order valence-electron chi connectivity index (χ2n) is 7.02. The number of nitrogens with zero attached hydrogens (tertiary/aromatic N) is 2. The van der Waals surface area contributed by atoms with Gasteiger partial charge in [-0.25, -0.2) is 8.78 Å². The molecule has 1 heterocycles. The molecule has 7 heteroatoms. The van der Waals surface area contributed by atoms with E-state index in [-0.39, 0.29) is 0 Å². The van der Waals surface area contributed by atoms with Gasteiger partial charge in [0.05, 0.1) is 27.9 Å². The van der Waals surface area contributed by atoms with Crippen molar-refractivity contribution in [1.29, 1.82) is 0 Å². The van der Waals surface area contributed by atoms with E-state index in [0.29, 0.717) is 21.4 Å². The number of aromatic nitrogens is 2. The van der Waals surface area contributed by atoms with Gasteiger partial charge in [-0.15, -0.1) is 0 Å². The van der Waals surface area contributed by atoms with Crippen molar-refractivity contribution in [2.45, 2.75) is 77.8 Å². The second-order valence-corrected chi connectivity index (χ2v) is 17.9. The predicted molar refractivity (Wildman–Crippen MR) is 111 cm³/mol. The van der Waals surface area contributed by atoms with Gasteiger partial charge in [0.2, 0.25) is 0 Å². The monoisotopic (exact) mass is 400 g/mol. The van der Waals surface area contributed by atoms with Crippen LogP contribution < -0.4 is 10.4 Å². The third kappa shape index (κ3) is 3.02. The highest BCUT2D eigenvalue weighted by Gasteiger charge is 2.42. The van der Waals surface area contributed by atoms with Crippen LogP contribution in [0.3, 0.4) is 0 Å². The third-order valence-corrected chi connectivity index (χ3v) is 18.4. The molecule has 2 rings (SSSR count). The summed E-state index contributed by atoms with van der Waals surface area (Å²) in [6.45, 7) is 12.7. The van der Waals surface area contributed by atoms with E-state index in [1.165, 1.54) is 0 Å². The van der Waals surface area contributed by atoms with Crippen molar-refractivity contribution in [2.75, 3.05) is 0 Å². The molecule has 0 atom stereocenters. The molecule has 1 aromatic heterocycles. The largest absolute Gasteiger partial charge is 0.204 e. The molecule has 0 aliphatic carbocycles. The van der Waals surface area contributed by atoms with Crippen LogP contribution in [-0.4, -0.2) is 24.9 Å². The lowest BCUT2D eigenvalue weighted by Gasteiger charge is -2.33. The number of halogens is 2. The van der Waals surface area contributed by atoms with E-state index in [0.717, 1.165) is 48.0 Å². The zero-order chi connectivity index (χ0) is 18.8. The Balaban J connectivity index is 2.96. The van der Waals surface area contributed by atoms with Crippen LogP contribution in [0, 0.1) is 11.6 Å². The Bertz CT molecular complexity index is 664. The Morgan fingerprint density at radius 3 is 1.16 bits per heavy atom. The summed E-state index contributed by atoms with van der Waals surface area (Å²) in [5.74, 6) is -1.22. The maximum absolute atomic E-state index is 15.5. The third-order valence-electron chi connectivity index (χ3n) is 6.72. The average molecular weight is 401 g/mol. The normalized spacial score (nSPS) is 13.0. The zero-order valence-corrected chi connectivity index (χ0v) is 19.1. The van der Waals surface area contributed by atoms with Crippen LogP contribution in [-0.2, 0) is 0 Å². The first-order chi connectivity index (χ1) is 11.9. The fraction of sp³-hybridized carbons (Fsp3) is 0.667. The maximum Gasteiger partial charge on any atom is 0.160 e. The molecule has 0 spiro atoms. The summed E-state index contributed by atoms with van der Waals surface area (Å²) >= 11 is 1.10. The van der Waals surface area contributed by atoms with Gasteiger partial charge in [0, 0.05) is 10.4 Å². The van der Waals surface area contributed by atoms with Crippen LogP contribution in [0.2, 0.25) is 36.3 Å². The van der Waals surface area contributed by atoms with Gasteiger partial charge in [-0.1, -0.05) is 77.8 Å². The number of benzene rings is 1. The summed E-state index contributed by atoms with van der Waals surface area (Å²) < 4.78 is 39.9. The van der Waals surface area contributed by atoms with E-state index >= 15 is 8.78 Å². The van der Waals surface area contributed by atoms with Crippen LogP contribution in [0.15, 0.2) is 0 Å². The quantitative estimate of drug-likeness (QED) is 0.554. The molecule has 0 amide bonds. The van der Waals surface area contributed by atoms with E-state index in [1.807, 2.05) is 0 Å². The van der Waals surface area contributed by atoms with E-state index in [9.17, 15) is 0 Å². The van der Waals surface area contributed by atoms with Crippen molar-refractivity contribution in [2.24, 2.45) is 0 Å². The lowest BCUT2D eigenvalue weighted by molar-refractivity contribution is 0.519. The average Bonchev–Trinajstić information content (AvgIpc) is 3.11. The summed E-state index contributed by atoms with van der Waals surface area (Å²) in [6.07, 6.45) is 0. The van der Waals surface area contributed by atoms with Crippen LogP contribution in [0.5, 0.6) is 0 Å².